The molecule has 2 aromatic heterocycles. The molecule has 0 aliphatic rings. The van der Waals surface area contributed by atoms with Crippen LogP contribution < -0.4 is 15.0 Å². The molecule has 3 rings (SSSR count). The molecule has 0 aliphatic carbocycles. The quantitative estimate of drug-likeness (QED) is 0.388. The van der Waals surface area contributed by atoms with E-state index in [0.29, 0.717) is 49.1 Å². The summed E-state index contributed by atoms with van der Waals surface area (Å²) < 4.78 is 12.0. The molecule has 0 unspecified atom stereocenters. The number of hydrogen-bond acceptors (Lipinski definition) is 8. The van der Waals surface area contributed by atoms with Gasteiger partial charge in [0.2, 0.25) is 5.95 Å². The van der Waals surface area contributed by atoms with Crippen molar-refractivity contribution in [2.24, 2.45) is 0 Å². The maximum atomic E-state index is 11.2. The summed E-state index contributed by atoms with van der Waals surface area (Å²) in [6.07, 6.45) is -1.45. The van der Waals surface area contributed by atoms with Crippen molar-refractivity contribution in [1.29, 1.82) is 0 Å². The zero-order chi connectivity index (χ0) is 22.5. The molecule has 2 N–H and O–H groups in total. The molecule has 166 valence electrons. The first-order valence-corrected chi connectivity index (χ1v) is 10.2. The molecule has 0 bridgehead atoms. The summed E-state index contributed by atoms with van der Waals surface area (Å²) in [6, 6.07) is 6.03. The van der Waals surface area contributed by atoms with Gasteiger partial charge in [-0.2, -0.15) is 4.98 Å². The summed E-state index contributed by atoms with van der Waals surface area (Å²) >= 11 is 0. The van der Waals surface area contributed by atoms with Crippen LogP contribution in [-0.2, 0) is 11.3 Å². The highest BCUT2D eigenvalue weighted by Gasteiger charge is 2.23. The van der Waals surface area contributed by atoms with Crippen molar-refractivity contribution in [2.45, 2.75) is 34.2 Å². The van der Waals surface area contributed by atoms with Crippen LogP contribution in [0.15, 0.2) is 18.2 Å². The lowest BCUT2D eigenvalue weighted by Gasteiger charge is -2.17. The average molecular weight is 428 g/mol. The standard InChI is InChI=1S/C21H28N6O4/c1-6-26(5)20-23-16-17(18(24-20)22-15-9-8-13(3)14(4)12-15)27(10-11-30-7-2)25-19(16)31-21(28)29/h8-9,12H,6-7,10-11H2,1-5H3,(H,28,29)(H,22,23,24). The van der Waals surface area contributed by atoms with Crippen molar-refractivity contribution in [2.75, 3.05) is 37.0 Å². The van der Waals surface area contributed by atoms with E-state index in [1.165, 1.54) is 5.56 Å². The summed E-state index contributed by atoms with van der Waals surface area (Å²) in [4.78, 5) is 22.3. The highest BCUT2D eigenvalue weighted by molar-refractivity contribution is 5.93. The van der Waals surface area contributed by atoms with Crippen LogP contribution in [0.3, 0.4) is 0 Å². The lowest BCUT2D eigenvalue weighted by atomic mass is 10.1. The minimum atomic E-state index is -1.45. The Hall–Kier alpha value is -3.40. The van der Waals surface area contributed by atoms with Crippen LogP contribution in [0.25, 0.3) is 11.0 Å². The Morgan fingerprint density at radius 2 is 2.00 bits per heavy atom. The average Bonchev–Trinajstić information content (AvgIpc) is 3.07. The Labute approximate surface area is 180 Å². The number of aryl methyl sites for hydroxylation is 2. The number of anilines is 3. The number of nitrogens with one attached hydrogen (secondary N) is 1. The molecule has 0 amide bonds. The van der Waals surface area contributed by atoms with Crippen molar-refractivity contribution < 1.29 is 19.4 Å². The molecule has 0 saturated heterocycles. The van der Waals surface area contributed by atoms with E-state index in [1.807, 2.05) is 50.9 Å². The number of fused-ring (bicyclic) bond motifs is 1. The Morgan fingerprint density at radius 3 is 2.65 bits per heavy atom. The van der Waals surface area contributed by atoms with Gasteiger partial charge in [0.1, 0.15) is 5.52 Å². The fourth-order valence-electron chi connectivity index (χ4n) is 3.01. The minimum Gasteiger partial charge on any atom is -0.449 e. The molecular formula is C21H28N6O4. The fourth-order valence-corrected chi connectivity index (χ4v) is 3.01. The first kappa shape index (κ1) is 22.3. The molecule has 0 aliphatic heterocycles. The topological polar surface area (TPSA) is 115 Å². The van der Waals surface area contributed by atoms with E-state index in [0.717, 1.165) is 11.3 Å². The molecule has 0 radical (unpaired) electrons. The molecule has 3 aromatic rings. The summed E-state index contributed by atoms with van der Waals surface area (Å²) in [5.41, 5.74) is 4.04. The number of carboxylic acid groups (broad SMARTS) is 1. The maximum Gasteiger partial charge on any atom is 0.512 e. The molecule has 31 heavy (non-hydrogen) atoms. The number of benzene rings is 1. The molecule has 0 saturated carbocycles. The van der Waals surface area contributed by atoms with Gasteiger partial charge in [0.25, 0.3) is 5.88 Å². The smallest absolute Gasteiger partial charge is 0.449 e. The number of ether oxygens (including phenoxy) is 2. The second kappa shape index (κ2) is 9.61. The van der Waals surface area contributed by atoms with Crippen molar-refractivity contribution in [3.05, 3.63) is 29.3 Å². The zero-order valence-electron chi connectivity index (χ0n) is 18.5. The Bertz CT molecular complexity index is 1080. The fraction of sp³-hybridized carbons (Fsp3) is 0.429. The molecular weight excluding hydrogens is 400 g/mol. The largest absolute Gasteiger partial charge is 0.512 e. The monoisotopic (exact) mass is 428 g/mol. The van der Waals surface area contributed by atoms with Gasteiger partial charge in [-0.15, -0.1) is 5.10 Å². The van der Waals surface area contributed by atoms with Gasteiger partial charge in [0.05, 0.1) is 13.2 Å². The van der Waals surface area contributed by atoms with Gasteiger partial charge in [-0.3, -0.25) is 4.68 Å². The van der Waals surface area contributed by atoms with Crippen molar-refractivity contribution in [3.63, 3.8) is 0 Å². The zero-order valence-corrected chi connectivity index (χ0v) is 18.5. The van der Waals surface area contributed by atoms with Gasteiger partial charge in [-0.1, -0.05) is 6.07 Å². The summed E-state index contributed by atoms with van der Waals surface area (Å²) in [5, 5.41) is 16.9. The molecule has 0 spiro atoms. The van der Waals surface area contributed by atoms with Crippen LogP contribution in [0.5, 0.6) is 5.88 Å². The van der Waals surface area contributed by atoms with E-state index in [1.54, 1.807) is 4.68 Å². The van der Waals surface area contributed by atoms with Gasteiger partial charge in [-0.25, -0.2) is 9.78 Å². The van der Waals surface area contributed by atoms with Gasteiger partial charge in [0.15, 0.2) is 11.3 Å². The van der Waals surface area contributed by atoms with Crippen molar-refractivity contribution in [1.82, 2.24) is 19.7 Å². The van der Waals surface area contributed by atoms with E-state index >= 15 is 0 Å². The van der Waals surface area contributed by atoms with Gasteiger partial charge in [-0.05, 0) is 51.0 Å². The number of rotatable bonds is 9. The van der Waals surface area contributed by atoms with Crippen LogP contribution in [0.4, 0.5) is 22.2 Å². The number of hydrogen-bond donors (Lipinski definition) is 2. The van der Waals surface area contributed by atoms with Crippen LogP contribution in [0.2, 0.25) is 0 Å². The second-order valence-electron chi connectivity index (χ2n) is 7.10. The van der Waals surface area contributed by atoms with Gasteiger partial charge < -0.3 is 24.8 Å². The van der Waals surface area contributed by atoms with E-state index in [-0.39, 0.29) is 5.88 Å². The van der Waals surface area contributed by atoms with Crippen LogP contribution in [0, 0.1) is 13.8 Å². The molecule has 10 nitrogen and oxygen atoms in total. The summed E-state index contributed by atoms with van der Waals surface area (Å²) in [7, 11) is 1.86. The summed E-state index contributed by atoms with van der Waals surface area (Å²) in [6.45, 7) is 10.00. The molecule has 0 fully saturated rings. The Balaban J connectivity index is 2.18. The SMILES string of the molecule is CCOCCn1nc(OC(=O)O)c2nc(N(C)CC)nc(Nc3ccc(C)c(C)c3)c21. The van der Waals surface area contributed by atoms with Crippen LogP contribution in [-0.4, -0.2) is 57.8 Å². The van der Waals surface area contributed by atoms with Crippen molar-refractivity contribution in [3.8, 4) is 5.88 Å². The lowest BCUT2D eigenvalue weighted by Crippen LogP contribution is -2.19. The third-order valence-corrected chi connectivity index (χ3v) is 4.97. The van der Waals surface area contributed by atoms with Crippen molar-refractivity contribution >= 4 is 34.6 Å². The van der Waals surface area contributed by atoms with Gasteiger partial charge >= 0.3 is 6.16 Å². The lowest BCUT2D eigenvalue weighted by molar-refractivity contribution is 0.134. The van der Waals surface area contributed by atoms with Crippen LogP contribution >= 0.6 is 0 Å². The second-order valence-corrected chi connectivity index (χ2v) is 7.10. The third kappa shape index (κ3) is 5.02. The molecule has 0 atom stereocenters. The predicted molar refractivity (Wildman–Crippen MR) is 119 cm³/mol. The summed E-state index contributed by atoms with van der Waals surface area (Å²) in [5.74, 6) is 0.851. The Kier molecular flexibility index (Phi) is 6.91. The third-order valence-electron chi connectivity index (χ3n) is 4.97. The van der Waals surface area contributed by atoms with E-state index in [9.17, 15) is 4.79 Å². The first-order chi connectivity index (χ1) is 14.8. The molecule has 1 aromatic carbocycles. The van der Waals surface area contributed by atoms with Crippen LogP contribution in [0.1, 0.15) is 25.0 Å². The first-order valence-electron chi connectivity index (χ1n) is 10.2. The predicted octanol–water partition coefficient (Wildman–Crippen LogP) is 3.74. The highest BCUT2D eigenvalue weighted by atomic mass is 16.7. The number of nitrogens with zero attached hydrogens (tertiary/aromatic N) is 5. The molecule has 10 heteroatoms. The van der Waals surface area contributed by atoms with E-state index in [2.05, 4.69) is 22.3 Å². The molecule has 2 heterocycles. The highest BCUT2D eigenvalue weighted by Crippen LogP contribution is 2.32. The maximum absolute atomic E-state index is 11.2. The Morgan fingerprint density at radius 1 is 1.23 bits per heavy atom. The van der Waals surface area contributed by atoms with E-state index < -0.39 is 6.16 Å². The minimum absolute atomic E-state index is 0.0877. The number of carbonyl (C=O) groups is 1. The normalized spacial score (nSPS) is 11.0. The van der Waals surface area contributed by atoms with Gasteiger partial charge in [0, 0.05) is 25.9 Å². The number of aromatic nitrogens is 4. The van der Waals surface area contributed by atoms with E-state index in [4.69, 9.17) is 19.6 Å².